The van der Waals surface area contributed by atoms with E-state index in [2.05, 4.69) is 6.58 Å². The molecular weight excluding hydrogens is 152 g/mol. The van der Waals surface area contributed by atoms with E-state index in [9.17, 15) is 0 Å². The third-order valence-electron chi connectivity index (χ3n) is 1.23. The maximum Gasteiger partial charge on any atom is 0.126 e. The molecule has 1 aromatic carbocycles. The van der Waals surface area contributed by atoms with Crippen LogP contribution in [0.4, 0.5) is 0 Å². The van der Waals surface area contributed by atoms with Crippen molar-refractivity contribution in [1.82, 2.24) is 0 Å². The van der Waals surface area contributed by atoms with Crippen LogP contribution in [0.25, 0.3) is 6.08 Å². The molecule has 0 aliphatic carbocycles. The molecule has 1 aromatic rings. The zero-order valence-corrected chi connectivity index (χ0v) is 7.41. The first-order valence-electron chi connectivity index (χ1n) is 3.88. The van der Waals surface area contributed by atoms with Crippen LogP contribution in [-0.4, -0.2) is 10.2 Å². The molecule has 2 nitrogen and oxygen atoms in total. The summed E-state index contributed by atoms with van der Waals surface area (Å²) in [6.45, 7) is 7.48. The minimum atomic E-state index is 0.0509. The Bertz CT molecular complexity index is 254. The second kappa shape index (κ2) is 5.24. The van der Waals surface area contributed by atoms with Gasteiger partial charge in [0, 0.05) is 11.6 Å². The van der Waals surface area contributed by atoms with Crippen molar-refractivity contribution in [2.75, 3.05) is 0 Å². The molecule has 0 atom stereocenters. The molecule has 0 heterocycles. The molecule has 0 fully saturated rings. The van der Waals surface area contributed by atoms with Gasteiger partial charge in [-0.3, -0.25) is 0 Å². The quantitative estimate of drug-likeness (QED) is 0.673. The van der Waals surface area contributed by atoms with Gasteiger partial charge in [-0.1, -0.05) is 26.5 Å². The van der Waals surface area contributed by atoms with E-state index in [1.165, 1.54) is 18.2 Å². The zero-order valence-electron chi connectivity index (χ0n) is 7.41. The molecule has 0 aliphatic rings. The molecule has 0 unspecified atom stereocenters. The normalized spacial score (nSPS) is 8.17. The lowest BCUT2D eigenvalue weighted by Gasteiger charge is -1.97. The van der Waals surface area contributed by atoms with Gasteiger partial charge in [-0.2, -0.15) is 0 Å². The van der Waals surface area contributed by atoms with Crippen molar-refractivity contribution in [3.8, 4) is 11.5 Å². The molecule has 2 heteroatoms. The van der Waals surface area contributed by atoms with Crippen molar-refractivity contribution < 1.29 is 10.2 Å². The van der Waals surface area contributed by atoms with E-state index in [4.69, 9.17) is 10.2 Å². The molecule has 0 saturated carbocycles. The topological polar surface area (TPSA) is 40.5 Å². The van der Waals surface area contributed by atoms with Crippen LogP contribution < -0.4 is 0 Å². The lowest BCUT2D eigenvalue weighted by Crippen LogP contribution is -1.72. The van der Waals surface area contributed by atoms with Crippen molar-refractivity contribution in [2.24, 2.45) is 0 Å². The van der Waals surface area contributed by atoms with E-state index in [0.717, 1.165) is 0 Å². The monoisotopic (exact) mass is 166 g/mol. The number of hydrogen-bond donors (Lipinski definition) is 2. The Balaban J connectivity index is 0.000000561. The molecular formula is C10H14O2. The van der Waals surface area contributed by atoms with E-state index in [0.29, 0.717) is 5.56 Å². The Kier molecular flexibility index (Phi) is 4.61. The predicted molar refractivity (Wildman–Crippen MR) is 51.2 cm³/mol. The number of rotatable bonds is 1. The maximum atomic E-state index is 9.06. The van der Waals surface area contributed by atoms with Crippen LogP contribution in [0.3, 0.4) is 0 Å². The van der Waals surface area contributed by atoms with Crippen LogP contribution in [0.15, 0.2) is 24.8 Å². The van der Waals surface area contributed by atoms with Gasteiger partial charge in [-0.05, 0) is 12.1 Å². The molecule has 0 aromatic heterocycles. The van der Waals surface area contributed by atoms with Gasteiger partial charge >= 0.3 is 0 Å². The SMILES string of the molecule is C=Cc1ccc(O)cc1O.CC. The Hall–Kier alpha value is -1.44. The van der Waals surface area contributed by atoms with E-state index < -0.39 is 0 Å². The Morgan fingerprint density at radius 2 is 1.83 bits per heavy atom. The van der Waals surface area contributed by atoms with Crippen LogP contribution >= 0.6 is 0 Å². The summed E-state index contributed by atoms with van der Waals surface area (Å²) < 4.78 is 0. The molecule has 0 saturated heterocycles. The number of benzene rings is 1. The fourth-order valence-corrected chi connectivity index (χ4v) is 0.705. The van der Waals surface area contributed by atoms with Gasteiger partial charge in [0.2, 0.25) is 0 Å². The third-order valence-corrected chi connectivity index (χ3v) is 1.23. The standard InChI is InChI=1S/C8H8O2.C2H6/c1-2-6-3-4-7(9)5-8(6)10;1-2/h2-5,9-10H,1H2;1-2H3. The molecule has 0 bridgehead atoms. The molecule has 0 aliphatic heterocycles. The minimum Gasteiger partial charge on any atom is -0.508 e. The van der Waals surface area contributed by atoms with Crippen molar-refractivity contribution in [1.29, 1.82) is 0 Å². The van der Waals surface area contributed by atoms with E-state index in [1.807, 2.05) is 13.8 Å². The average Bonchev–Trinajstić information content (AvgIpc) is 2.08. The summed E-state index contributed by atoms with van der Waals surface area (Å²) in [6.07, 6.45) is 1.52. The lowest BCUT2D eigenvalue weighted by molar-refractivity contribution is 0.450. The summed E-state index contributed by atoms with van der Waals surface area (Å²) in [5.74, 6) is 0.109. The van der Waals surface area contributed by atoms with E-state index in [1.54, 1.807) is 6.07 Å². The number of phenolic OH excluding ortho intramolecular Hbond substituents is 2. The van der Waals surface area contributed by atoms with Gasteiger partial charge in [-0.25, -0.2) is 0 Å². The smallest absolute Gasteiger partial charge is 0.126 e. The highest BCUT2D eigenvalue weighted by molar-refractivity contribution is 5.56. The fraction of sp³-hybridized carbons (Fsp3) is 0.200. The summed E-state index contributed by atoms with van der Waals surface area (Å²) >= 11 is 0. The summed E-state index contributed by atoms with van der Waals surface area (Å²) in [5.41, 5.74) is 0.623. The highest BCUT2D eigenvalue weighted by Gasteiger charge is 1.95. The van der Waals surface area contributed by atoms with Crippen LogP contribution in [0, 0.1) is 0 Å². The molecule has 66 valence electrons. The van der Waals surface area contributed by atoms with E-state index in [-0.39, 0.29) is 11.5 Å². The van der Waals surface area contributed by atoms with Gasteiger partial charge in [0.15, 0.2) is 0 Å². The van der Waals surface area contributed by atoms with Gasteiger partial charge in [0.1, 0.15) is 11.5 Å². The zero-order chi connectivity index (χ0) is 9.56. The Morgan fingerprint density at radius 3 is 2.25 bits per heavy atom. The second-order valence-electron chi connectivity index (χ2n) is 1.95. The highest BCUT2D eigenvalue weighted by Crippen LogP contribution is 2.22. The van der Waals surface area contributed by atoms with Crippen LogP contribution in [0.1, 0.15) is 19.4 Å². The van der Waals surface area contributed by atoms with Crippen molar-refractivity contribution in [3.05, 3.63) is 30.3 Å². The van der Waals surface area contributed by atoms with Gasteiger partial charge in [-0.15, -0.1) is 0 Å². The first kappa shape index (κ1) is 10.6. The lowest BCUT2D eigenvalue weighted by atomic mass is 10.2. The fourth-order valence-electron chi connectivity index (χ4n) is 0.705. The molecule has 2 N–H and O–H groups in total. The van der Waals surface area contributed by atoms with Gasteiger partial charge in [0.05, 0.1) is 0 Å². The summed E-state index contributed by atoms with van der Waals surface area (Å²) in [5, 5.41) is 17.9. The summed E-state index contributed by atoms with van der Waals surface area (Å²) in [7, 11) is 0. The molecule has 0 radical (unpaired) electrons. The Morgan fingerprint density at radius 1 is 1.25 bits per heavy atom. The largest absolute Gasteiger partial charge is 0.508 e. The summed E-state index contributed by atoms with van der Waals surface area (Å²) in [4.78, 5) is 0. The second-order valence-corrected chi connectivity index (χ2v) is 1.95. The van der Waals surface area contributed by atoms with Crippen molar-refractivity contribution in [2.45, 2.75) is 13.8 Å². The summed E-state index contributed by atoms with van der Waals surface area (Å²) in [6, 6.07) is 4.37. The van der Waals surface area contributed by atoms with Crippen LogP contribution in [0.2, 0.25) is 0 Å². The van der Waals surface area contributed by atoms with Crippen molar-refractivity contribution >= 4 is 6.08 Å². The number of hydrogen-bond acceptors (Lipinski definition) is 2. The van der Waals surface area contributed by atoms with E-state index >= 15 is 0 Å². The Labute approximate surface area is 72.8 Å². The number of phenols is 2. The predicted octanol–water partition coefficient (Wildman–Crippen LogP) is 2.77. The van der Waals surface area contributed by atoms with Crippen LogP contribution in [0.5, 0.6) is 11.5 Å². The van der Waals surface area contributed by atoms with Gasteiger partial charge < -0.3 is 10.2 Å². The first-order chi connectivity index (χ1) is 5.74. The highest BCUT2D eigenvalue weighted by atomic mass is 16.3. The molecule has 12 heavy (non-hydrogen) atoms. The molecule has 0 spiro atoms. The number of aromatic hydroxyl groups is 2. The third kappa shape index (κ3) is 2.66. The maximum absolute atomic E-state index is 9.06. The minimum absolute atomic E-state index is 0.0509. The average molecular weight is 166 g/mol. The van der Waals surface area contributed by atoms with Crippen LogP contribution in [-0.2, 0) is 0 Å². The molecule has 0 amide bonds. The first-order valence-corrected chi connectivity index (χ1v) is 3.88. The van der Waals surface area contributed by atoms with Gasteiger partial charge in [0.25, 0.3) is 0 Å². The molecule has 1 rings (SSSR count). The van der Waals surface area contributed by atoms with Crippen molar-refractivity contribution in [3.63, 3.8) is 0 Å².